The van der Waals surface area contributed by atoms with E-state index in [1.807, 2.05) is 32.0 Å². The summed E-state index contributed by atoms with van der Waals surface area (Å²) in [5.41, 5.74) is 1.89. The van der Waals surface area contributed by atoms with Crippen molar-refractivity contribution in [3.8, 4) is 0 Å². The number of nitrogens with two attached hydrogens (primary N) is 1. The molecular weight excluding hydrogens is 268 g/mol. The summed E-state index contributed by atoms with van der Waals surface area (Å²) in [6.45, 7) is 3.80. The summed E-state index contributed by atoms with van der Waals surface area (Å²) in [5.74, 6) is 0. The summed E-state index contributed by atoms with van der Waals surface area (Å²) in [5, 5.41) is 0. The van der Waals surface area contributed by atoms with Crippen molar-refractivity contribution in [2.75, 3.05) is 0 Å². The van der Waals surface area contributed by atoms with Crippen LogP contribution in [-0.2, 0) is 9.46 Å². The van der Waals surface area contributed by atoms with Gasteiger partial charge in [-0.2, -0.15) is 0 Å². The zero-order chi connectivity index (χ0) is 10.3. The third kappa shape index (κ3) is 2.76. The first kappa shape index (κ1) is 11.7. The SMILES string of the molecule is Cc1cccc(C)[c]1[Cr]([NH2])([Cl])([Cl])[Cl]. The predicted molar refractivity (Wildman–Crippen MR) is 57.3 cm³/mol. The van der Waals surface area contributed by atoms with Crippen LogP contribution >= 0.6 is 30.1 Å². The van der Waals surface area contributed by atoms with E-state index in [9.17, 15) is 0 Å². The van der Waals surface area contributed by atoms with Crippen molar-refractivity contribution < 1.29 is 9.46 Å². The topological polar surface area (TPSA) is 26.0 Å². The molecule has 1 aromatic carbocycles. The molecule has 0 atom stereocenters. The van der Waals surface area contributed by atoms with Gasteiger partial charge in [-0.25, -0.2) is 0 Å². The third-order valence-electron chi connectivity index (χ3n) is 1.76. The molecular formula is C8H11Cl3CrN. The third-order valence-corrected chi connectivity index (χ3v) is 5.76. The summed E-state index contributed by atoms with van der Waals surface area (Å²) in [7, 11) is 13.9. The Bertz CT molecular complexity index is 313. The molecule has 1 nitrogen and oxygen atoms in total. The molecule has 75 valence electrons. The predicted octanol–water partition coefficient (Wildman–Crippen LogP) is 2.95. The first-order valence-electron chi connectivity index (χ1n) is 3.65. The molecule has 2 N–H and O–H groups in total. The average Bonchev–Trinajstić information content (AvgIpc) is 1.80. The second kappa shape index (κ2) is 3.31. The van der Waals surface area contributed by atoms with E-state index < -0.39 is 9.46 Å². The van der Waals surface area contributed by atoms with Gasteiger partial charge in [0.05, 0.1) is 0 Å². The van der Waals surface area contributed by atoms with Crippen molar-refractivity contribution in [2.45, 2.75) is 13.8 Å². The number of hydrogen-bond acceptors (Lipinski definition) is 1. The molecule has 0 unspecified atom stereocenters. The van der Waals surface area contributed by atoms with Crippen molar-refractivity contribution in [3.63, 3.8) is 0 Å². The normalized spacial score (nSPS) is 15.1. The quantitative estimate of drug-likeness (QED) is 0.840. The van der Waals surface area contributed by atoms with E-state index in [1.54, 1.807) is 0 Å². The van der Waals surface area contributed by atoms with E-state index in [1.165, 1.54) is 0 Å². The molecule has 0 saturated heterocycles. The van der Waals surface area contributed by atoms with Gasteiger partial charge < -0.3 is 0 Å². The fraction of sp³-hybridized carbons (Fsp3) is 0.250. The standard InChI is InChI=1S/C8H9.3ClH.Cr.H2N/c1-7-4-3-5-8(2)6-7;;;;;/h3-5H,1-2H3;3*1H;;1H2/q;;;;+4;-1/p-3. The van der Waals surface area contributed by atoms with Gasteiger partial charge in [0.15, 0.2) is 0 Å². The fourth-order valence-corrected chi connectivity index (χ4v) is 6.29. The molecule has 0 heterocycles. The Balaban J connectivity index is 3.47. The summed E-state index contributed by atoms with van der Waals surface area (Å²) >= 11 is 0. The van der Waals surface area contributed by atoms with Crippen LogP contribution in [0.5, 0.6) is 0 Å². The Labute approximate surface area is 91.6 Å². The summed E-state index contributed by atoms with van der Waals surface area (Å²) in [4.78, 5) is 0. The van der Waals surface area contributed by atoms with Gasteiger partial charge in [0.25, 0.3) is 0 Å². The molecule has 0 bridgehead atoms. The van der Waals surface area contributed by atoms with Gasteiger partial charge in [0.1, 0.15) is 0 Å². The Morgan fingerprint density at radius 3 is 1.69 bits per heavy atom. The minimum absolute atomic E-state index is 0.715. The molecule has 0 aliphatic rings. The van der Waals surface area contributed by atoms with Gasteiger partial charge in [-0.1, -0.05) is 0 Å². The van der Waals surface area contributed by atoms with Crippen molar-refractivity contribution in [1.82, 2.24) is 0 Å². The fourth-order valence-electron chi connectivity index (χ4n) is 1.35. The van der Waals surface area contributed by atoms with E-state index >= 15 is 0 Å². The van der Waals surface area contributed by atoms with Crippen LogP contribution < -0.4 is 9.14 Å². The monoisotopic (exact) mass is 278 g/mol. The molecule has 0 saturated carbocycles. The molecule has 0 aromatic heterocycles. The second-order valence-electron chi connectivity index (χ2n) is 3.01. The average molecular weight is 280 g/mol. The number of hydrogen-bond donors (Lipinski definition) is 1. The van der Waals surface area contributed by atoms with E-state index in [-0.39, 0.29) is 0 Å². The van der Waals surface area contributed by atoms with E-state index in [2.05, 4.69) is 0 Å². The number of aryl methyl sites for hydroxylation is 2. The zero-order valence-corrected chi connectivity index (χ0v) is 10.9. The molecule has 0 radical (unpaired) electrons. The van der Waals surface area contributed by atoms with Gasteiger partial charge in [0, 0.05) is 0 Å². The van der Waals surface area contributed by atoms with Crippen molar-refractivity contribution in [3.05, 3.63) is 29.3 Å². The van der Waals surface area contributed by atoms with E-state index in [0.29, 0.717) is 4.43 Å². The molecule has 0 aliphatic carbocycles. The Morgan fingerprint density at radius 2 is 1.46 bits per heavy atom. The van der Waals surface area contributed by atoms with Crippen LogP contribution in [-0.4, -0.2) is 0 Å². The molecule has 0 spiro atoms. The van der Waals surface area contributed by atoms with Crippen LogP contribution in [0.4, 0.5) is 0 Å². The number of halogens is 3. The maximum absolute atomic E-state index is 6.00. The van der Waals surface area contributed by atoms with Gasteiger partial charge in [-0.15, -0.1) is 0 Å². The number of benzene rings is 1. The van der Waals surface area contributed by atoms with Crippen LogP contribution in [0.1, 0.15) is 11.1 Å². The molecule has 5 heteroatoms. The van der Waals surface area contributed by atoms with Crippen LogP contribution in [0.2, 0.25) is 0 Å². The molecule has 0 fully saturated rings. The Kier molecular flexibility index (Phi) is 2.97. The van der Waals surface area contributed by atoms with Gasteiger partial charge >= 0.3 is 91.9 Å². The zero-order valence-electron chi connectivity index (χ0n) is 7.35. The molecule has 0 amide bonds. The summed E-state index contributed by atoms with van der Waals surface area (Å²) in [6, 6.07) is 5.73. The van der Waals surface area contributed by atoms with Gasteiger partial charge in [0.2, 0.25) is 0 Å². The van der Waals surface area contributed by atoms with Crippen molar-refractivity contribution in [1.29, 1.82) is 0 Å². The Morgan fingerprint density at radius 1 is 1.08 bits per heavy atom. The maximum atomic E-state index is 6.00. The van der Waals surface area contributed by atoms with Crippen LogP contribution in [0.15, 0.2) is 18.2 Å². The van der Waals surface area contributed by atoms with Crippen molar-refractivity contribution in [2.24, 2.45) is 4.72 Å². The van der Waals surface area contributed by atoms with Gasteiger partial charge in [-0.3, -0.25) is 0 Å². The molecule has 1 rings (SSSR count). The van der Waals surface area contributed by atoms with E-state index in [4.69, 9.17) is 34.9 Å². The summed E-state index contributed by atoms with van der Waals surface area (Å²) < 4.78 is 6.48. The van der Waals surface area contributed by atoms with E-state index in [0.717, 1.165) is 11.1 Å². The summed E-state index contributed by atoms with van der Waals surface area (Å²) in [6.07, 6.45) is 0. The minimum atomic E-state index is -4.07. The van der Waals surface area contributed by atoms with Crippen LogP contribution in [0.3, 0.4) is 0 Å². The first-order valence-corrected chi connectivity index (χ1v) is 10.3. The Hall–Kier alpha value is 0.582. The molecule has 13 heavy (non-hydrogen) atoms. The molecule has 1 aromatic rings. The van der Waals surface area contributed by atoms with Gasteiger partial charge in [-0.05, 0) is 0 Å². The van der Waals surface area contributed by atoms with Crippen LogP contribution in [0.25, 0.3) is 0 Å². The molecule has 0 aliphatic heterocycles. The van der Waals surface area contributed by atoms with Crippen LogP contribution in [0, 0.1) is 13.8 Å². The second-order valence-corrected chi connectivity index (χ2v) is 16.0. The number of rotatable bonds is 1. The first-order chi connectivity index (χ1) is 5.68. The van der Waals surface area contributed by atoms with Crippen molar-refractivity contribution >= 4 is 34.6 Å².